The molecule has 5 nitrogen and oxygen atoms in total. The fourth-order valence-electron chi connectivity index (χ4n) is 1.82. The summed E-state index contributed by atoms with van der Waals surface area (Å²) in [4.78, 5) is 9.22. The molecule has 3 rings (SSSR count). The molecule has 0 radical (unpaired) electrons. The summed E-state index contributed by atoms with van der Waals surface area (Å²) in [5.74, 6) is 0. The van der Waals surface area contributed by atoms with Crippen LogP contribution in [0, 0.1) is 6.92 Å². The summed E-state index contributed by atoms with van der Waals surface area (Å²) in [7, 11) is -3.66. The molecule has 0 fully saturated rings. The van der Waals surface area contributed by atoms with Gasteiger partial charge in [-0.15, -0.1) is 11.3 Å². The van der Waals surface area contributed by atoms with Crippen LogP contribution < -0.4 is 4.72 Å². The predicted molar refractivity (Wildman–Crippen MR) is 84.4 cm³/mol. The van der Waals surface area contributed by atoms with Crippen LogP contribution in [0.25, 0.3) is 10.9 Å². The number of pyridine rings is 1. The molecule has 0 atom stereocenters. The van der Waals surface area contributed by atoms with Gasteiger partial charge in [-0.25, -0.2) is 18.4 Å². The van der Waals surface area contributed by atoms with Gasteiger partial charge >= 0.3 is 0 Å². The van der Waals surface area contributed by atoms with Crippen molar-refractivity contribution in [3.05, 3.63) is 46.6 Å². The summed E-state index contributed by atoms with van der Waals surface area (Å²) in [6.07, 6.45) is 1.62. The van der Waals surface area contributed by atoms with E-state index in [-0.39, 0.29) is 4.90 Å². The third kappa shape index (κ3) is 2.99. The summed E-state index contributed by atoms with van der Waals surface area (Å²) in [5, 5.41) is 1.42. The summed E-state index contributed by atoms with van der Waals surface area (Å²) >= 11 is 7.09. The number of aromatic nitrogens is 2. The first-order chi connectivity index (χ1) is 9.94. The number of nitrogens with one attached hydrogen (secondary N) is 1. The maximum atomic E-state index is 12.3. The standard InChI is InChI=1S/C13H10ClN3O2S2/c1-8-7-15-13(20-8)17-21(18,19)10-3-4-11-9(6-10)2-5-12(14)16-11/h2-7H,1H3,(H,15,17). The van der Waals surface area contributed by atoms with Crippen LogP contribution in [0.3, 0.4) is 0 Å². The Morgan fingerprint density at radius 3 is 2.76 bits per heavy atom. The van der Waals surface area contributed by atoms with Gasteiger partial charge in [-0.2, -0.15) is 0 Å². The Bertz CT molecular complexity index is 922. The van der Waals surface area contributed by atoms with Gasteiger partial charge in [-0.3, -0.25) is 4.72 Å². The van der Waals surface area contributed by atoms with Gasteiger partial charge in [0.25, 0.3) is 10.0 Å². The molecule has 2 heterocycles. The first-order valence-corrected chi connectivity index (χ1v) is 8.63. The van der Waals surface area contributed by atoms with Crippen molar-refractivity contribution in [3.63, 3.8) is 0 Å². The van der Waals surface area contributed by atoms with Gasteiger partial charge in [0.2, 0.25) is 0 Å². The number of rotatable bonds is 3. The quantitative estimate of drug-likeness (QED) is 0.742. The zero-order valence-corrected chi connectivity index (χ0v) is 13.3. The van der Waals surface area contributed by atoms with Crippen LogP contribution in [-0.4, -0.2) is 18.4 Å². The van der Waals surface area contributed by atoms with Gasteiger partial charge in [-0.05, 0) is 37.3 Å². The van der Waals surface area contributed by atoms with Gasteiger partial charge in [0.05, 0.1) is 10.4 Å². The lowest BCUT2D eigenvalue weighted by Gasteiger charge is -2.06. The number of hydrogen-bond donors (Lipinski definition) is 1. The molecule has 0 saturated heterocycles. The van der Waals surface area contributed by atoms with Gasteiger partial charge in [-0.1, -0.05) is 11.6 Å². The molecule has 0 unspecified atom stereocenters. The number of aryl methyl sites for hydroxylation is 1. The van der Waals surface area contributed by atoms with Crippen molar-refractivity contribution >= 4 is 49.0 Å². The zero-order valence-electron chi connectivity index (χ0n) is 10.9. The largest absolute Gasteiger partial charge is 0.263 e. The summed E-state index contributed by atoms with van der Waals surface area (Å²) in [6.45, 7) is 1.86. The lowest BCUT2D eigenvalue weighted by Crippen LogP contribution is -2.12. The Morgan fingerprint density at radius 2 is 2.05 bits per heavy atom. The molecule has 2 aromatic heterocycles. The lowest BCUT2D eigenvalue weighted by atomic mass is 10.2. The molecule has 3 aromatic rings. The number of hydrogen-bond acceptors (Lipinski definition) is 5. The maximum absolute atomic E-state index is 12.3. The third-order valence-corrected chi connectivity index (χ3v) is 5.28. The van der Waals surface area contributed by atoms with Gasteiger partial charge in [0.1, 0.15) is 5.15 Å². The number of nitrogens with zero attached hydrogens (tertiary/aromatic N) is 2. The number of halogens is 1. The highest BCUT2D eigenvalue weighted by Gasteiger charge is 2.16. The SMILES string of the molecule is Cc1cnc(NS(=O)(=O)c2ccc3nc(Cl)ccc3c2)s1. The lowest BCUT2D eigenvalue weighted by molar-refractivity contribution is 0.601. The Morgan fingerprint density at radius 1 is 1.24 bits per heavy atom. The minimum atomic E-state index is -3.66. The molecule has 0 aliphatic heterocycles. The van der Waals surface area contributed by atoms with Gasteiger partial charge < -0.3 is 0 Å². The average molecular weight is 340 g/mol. The molecule has 108 valence electrons. The first-order valence-electron chi connectivity index (χ1n) is 5.96. The number of thiazole rings is 1. The number of fused-ring (bicyclic) bond motifs is 1. The van der Waals surface area contributed by atoms with Crippen LogP contribution in [0.4, 0.5) is 5.13 Å². The van der Waals surface area contributed by atoms with Crippen LogP contribution in [0.1, 0.15) is 4.88 Å². The van der Waals surface area contributed by atoms with E-state index in [4.69, 9.17) is 11.6 Å². The Hall–Kier alpha value is -1.70. The summed E-state index contributed by atoms with van der Waals surface area (Å²) in [6, 6.07) is 8.04. The topological polar surface area (TPSA) is 72.0 Å². The highest BCUT2D eigenvalue weighted by Crippen LogP contribution is 2.23. The summed E-state index contributed by atoms with van der Waals surface area (Å²) in [5.41, 5.74) is 0.645. The normalized spacial score (nSPS) is 11.7. The van der Waals surface area contributed by atoms with E-state index in [1.807, 2.05) is 6.92 Å². The van der Waals surface area contributed by atoms with Crippen LogP contribution in [0.5, 0.6) is 0 Å². The highest BCUT2D eigenvalue weighted by atomic mass is 35.5. The fourth-order valence-corrected chi connectivity index (χ4v) is 3.92. The van der Waals surface area contributed by atoms with Crippen molar-refractivity contribution in [2.24, 2.45) is 0 Å². The molecule has 0 amide bonds. The highest BCUT2D eigenvalue weighted by molar-refractivity contribution is 7.93. The molecule has 0 aliphatic rings. The second kappa shape index (κ2) is 5.25. The van der Waals surface area contributed by atoms with E-state index in [1.54, 1.807) is 30.5 Å². The molecular formula is C13H10ClN3O2S2. The second-order valence-corrected chi connectivity index (χ2v) is 7.67. The van der Waals surface area contributed by atoms with Crippen molar-refractivity contribution in [1.29, 1.82) is 0 Å². The number of sulfonamides is 1. The predicted octanol–water partition coefficient (Wildman–Crippen LogP) is 3.45. The van der Waals surface area contributed by atoms with Crippen molar-refractivity contribution < 1.29 is 8.42 Å². The first kappa shape index (κ1) is 14.2. The Kier molecular flexibility index (Phi) is 3.56. The van der Waals surface area contributed by atoms with Gasteiger partial charge in [0, 0.05) is 16.5 Å². The van der Waals surface area contributed by atoms with E-state index in [0.717, 1.165) is 4.88 Å². The van der Waals surface area contributed by atoms with E-state index in [0.29, 0.717) is 21.2 Å². The van der Waals surface area contributed by atoms with Crippen molar-refractivity contribution in [2.75, 3.05) is 4.72 Å². The van der Waals surface area contributed by atoms with Crippen LogP contribution >= 0.6 is 22.9 Å². The smallest absolute Gasteiger partial charge is 0.255 e. The monoisotopic (exact) mass is 339 g/mol. The molecule has 0 spiro atoms. The van der Waals surface area contributed by atoms with Crippen LogP contribution in [-0.2, 0) is 10.0 Å². The molecule has 21 heavy (non-hydrogen) atoms. The molecule has 0 bridgehead atoms. The van der Waals surface area contributed by atoms with Crippen LogP contribution in [0.15, 0.2) is 41.4 Å². The van der Waals surface area contributed by atoms with Crippen molar-refractivity contribution in [2.45, 2.75) is 11.8 Å². The Balaban J connectivity index is 2.00. The Labute approximate surface area is 130 Å². The minimum Gasteiger partial charge on any atom is -0.255 e. The number of benzene rings is 1. The third-order valence-electron chi connectivity index (χ3n) is 2.78. The molecule has 8 heteroatoms. The van der Waals surface area contributed by atoms with Gasteiger partial charge in [0.15, 0.2) is 5.13 Å². The molecule has 1 N–H and O–H groups in total. The van der Waals surface area contributed by atoms with E-state index < -0.39 is 10.0 Å². The second-order valence-electron chi connectivity index (χ2n) is 4.37. The van der Waals surface area contributed by atoms with Crippen molar-refractivity contribution in [1.82, 2.24) is 9.97 Å². The molecule has 0 saturated carbocycles. The number of anilines is 1. The average Bonchev–Trinajstić information content (AvgIpc) is 2.82. The van der Waals surface area contributed by atoms with E-state index in [9.17, 15) is 8.42 Å². The van der Waals surface area contributed by atoms with Crippen molar-refractivity contribution in [3.8, 4) is 0 Å². The van der Waals surface area contributed by atoms with Crippen LogP contribution in [0.2, 0.25) is 5.15 Å². The van der Waals surface area contributed by atoms with E-state index >= 15 is 0 Å². The minimum absolute atomic E-state index is 0.159. The van der Waals surface area contributed by atoms with E-state index in [2.05, 4.69) is 14.7 Å². The molecule has 0 aliphatic carbocycles. The fraction of sp³-hybridized carbons (Fsp3) is 0.0769. The zero-order chi connectivity index (χ0) is 15.0. The molecule has 1 aromatic carbocycles. The summed E-state index contributed by atoms with van der Waals surface area (Å²) < 4.78 is 27.1. The van der Waals surface area contributed by atoms with E-state index in [1.165, 1.54) is 17.4 Å². The maximum Gasteiger partial charge on any atom is 0.263 e. The molecular weight excluding hydrogens is 330 g/mol.